The predicted molar refractivity (Wildman–Crippen MR) is 80.0 cm³/mol. The minimum absolute atomic E-state index is 0.0930. The summed E-state index contributed by atoms with van der Waals surface area (Å²) in [7, 11) is 0. The standard InChI is InChI=1S/C17H32O2/c1-11(2)8-13(5)9-15-10-14(12(3)4)6-7-16(15)17(18)19/h11-16H,6-10H2,1-5H3,(H,18,19). The van der Waals surface area contributed by atoms with Gasteiger partial charge in [-0.2, -0.15) is 0 Å². The Bertz CT molecular complexity index is 283. The van der Waals surface area contributed by atoms with E-state index < -0.39 is 5.97 Å². The molecule has 0 amide bonds. The molecule has 1 aliphatic carbocycles. The first-order valence-corrected chi connectivity index (χ1v) is 8.04. The van der Waals surface area contributed by atoms with Crippen LogP contribution in [0.2, 0.25) is 0 Å². The van der Waals surface area contributed by atoms with E-state index in [0.717, 1.165) is 31.6 Å². The highest BCUT2D eigenvalue weighted by atomic mass is 16.4. The largest absolute Gasteiger partial charge is 0.481 e. The lowest BCUT2D eigenvalue weighted by Gasteiger charge is -2.37. The van der Waals surface area contributed by atoms with Gasteiger partial charge in [0.25, 0.3) is 0 Å². The monoisotopic (exact) mass is 268 g/mol. The molecular formula is C17H32O2. The highest BCUT2D eigenvalue weighted by Gasteiger charge is 2.36. The van der Waals surface area contributed by atoms with E-state index in [9.17, 15) is 9.90 Å². The molecule has 2 heteroatoms. The number of hydrogen-bond donors (Lipinski definition) is 1. The van der Waals surface area contributed by atoms with Crippen LogP contribution in [-0.2, 0) is 4.79 Å². The van der Waals surface area contributed by atoms with Gasteiger partial charge in [0, 0.05) is 0 Å². The van der Waals surface area contributed by atoms with Gasteiger partial charge in [-0.1, -0.05) is 34.6 Å². The third-order valence-corrected chi connectivity index (χ3v) is 4.86. The average Bonchev–Trinajstić information content (AvgIpc) is 2.26. The Morgan fingerprint density at radius 3 is 2.26 bits per heavy atom. The number of hydrogen-bond acceptors (Lipinski definition) is 1. The topological polar surface area (TPSA) is 37.3 Å². The molecule has 0 bridgehead atoms. The molecule has 1 N–H and O–H groups in total. The Labute approximate surface area is 119 Å². The lowest BCUT2D eigenvalue weighted by Crippen LogP contribution is -2.33. The quantitative estimate of drug-likeness (QED) is 0.749. The fraction of sp³-hybridized carbons (Fsp3) is 0.941. The van der Waals surface area contributed by atoms with Gasteiger partial charge in [0.05, 0.1) is 5.92 Å². The molecule has 1 saturated carbocycles. The second-order valence-electron chi connectivity index (χ2n) is 7.49. The van der Waals surface area contributed by atoms with Gasteiger partial charge in [-0.25, -0.2) is 0 Å². The van der Waals surface area contributed by atoms with E-state index in [4.69, 9.17) is 0 Å². The predicted octanol–water partition coefficient (Wildman–Crippen LogP) is 4.83. The lowest BCUT2D eigenvalue weighted by molar-refractivity contribution is -0.146. The summed E-state index contributed by atoms with van der Waals surface area (Å²) in [5, 5.41) is 9.43. The van der Waals surface area contributed by atoms with Crippen molar-refractivity contribution in [1.82, 2.24) is 0 Å². The molecule has 2 nitrogen and oxygen atoms in total. The third-order valence-electron chi connectivity index (χ3n) is 4.86. The minimum Gasteiger partial charge on any atom is -0.481 e. The van der Waals surface area contributed by atoms with Crippen LogP contribution in [-0.4, -0.2) is 11.1 Å². The first-order chi connectivity index (χ1) is 8.81. The van der Waals surface area contributed by atoms with Crippen LogP contribution in [0.1, 0.15) is 66.7 Å². The molecule has 0 radical (unpaired) electrons. The maximum absolute atomic E-state index is 11.4. The molecule has 112 valence electrons. The van der Waals surface area contributed by atoms with Crippen molar-refractivity contribution in [1.29, 1.82) is 0 Å². The SMILES string of the molecule is CC(C)CC(C)CC1CC(C(C)C)CCC1C(=O)O. The number of carboxylic acids is 1. The zero-order valence-electron chi connectivity index (χ0n) is 13.4. The van der Waals surface area contributed by atoms with E-state index >= 15 is 0 Å². The Hall–Kier alpha value is -0.530. The summed E-state index contributed by atoms with van der Waals surface area (Å²) in [6.45, 7) is 11.4. The zero-order chi connectivity index (χ0) is 14.6. The van der Waals surface area contributed by atoms with Gasteiger partial charge in [-0.15, -0.1) is 0 Å². The van der Waals surface area contributed by atoms with Crippen molar-refractivity contribution in [3.63, 3.8) is 0 Å². The van der Waals surface area contributed by atoms with E-state index in [1.807, 2.05) is 0 Å². The number of carboxylic acid groups (broad SMARTS) is 1. The van der Waals surface area contributed by atoms with Gasteiger partial charge < -0.3 is 5.11 Å². The van der Waals surface area contributed by atoms with E-state index in [-0.39, 0.29) is 5.92 Å². The molecule has 0 aromatic rings. The second kappa shape index (κ2) is 7.31. The Balaban J connectivity index is 2.63. The van der Waals surface area contributed by atoms with Crippen molar-refractivity contribution in [2.24, 2.45) is 35.5 Å². The molecular weight excluding hydrogens is 236 g/mol. The summed E-state index contributed by atoms with van der Waals surface area (Å²) < 4.78 is 0. The number of aliphatic carboxylic acids is 1. The Morgan fingerprint density at radius 1 is 1.16 bits per heavy atom. The van der Waals surface area contributed by atoms with Crippen LogP contribution in [0.25, 0.3) is 0 Å². The fourth-order valence-electron chi connectivity index (χ4n) is 3.91. The zero-order valence-corrected chi connectivity index (χ0v) is 13.4. The Morgan fingerprint density at radius 2 is 1.79 bits per heavy atom. The average molecular weight is 268 g/mol. The molecule has 0 heterocycles. The van der Waals surface area contributed by atoms with Crippen LogP contribution in [0.5, 0.6) is 0 Å². The summed E-state index contributed by atoms with van der Waals surface area (Å²) in [6.07, 6.45) is 5.42. The fourth-order valence-corrected chi connectivity index (χ4v) is 3.91. The van der Waals surface area contributed by atoms with Crippen LogP contribution in [0.3, 0.4) is 0 Å². The van der Waals surface area contributed by atoms with Crippen LogP contribution in [0.15, 0.2) is 0 Å². The van der Waals surface area contributed by atoms with E-state index in [1.54, 1.807) is 0 Å². The lowest BCUT2D eigenvalue weighted by atomic mass is 9.67. The first-order valence-electron chi connectivity index (χ1n) is 8.04. The third kappa shape index (κ3) is 5.16. The van der Waals surface area contributed by atoms with Crippen molar-refractivity contribution < 1.29 is 9.90 Å². The van der Waals surface area contributed by atoms with E-state index in [0.29, 0.717) is 23.7 Å². The maximum Gasteiger partial charge on any atom is 0.306 e. The maximum atomic E-state index is 11.4. The number of carbonyl (C=O) groups is 1. The summed E-state index contributed by atoms with van der Waals surface area (Å²) in [5.41, 5.74) is 0. The normalized spacial score (nSPS) is 29.7. The molecule has 0 aromatic carbocycles. The van der Waals surface area contributed by atoms with Gasteiger partial charge in [0.1, 0.15) is 0 Å². The summed E-state index contributed by atoms with van der Waals surface area (Å²) in [5.74, 6) is 2.52. The number of rotatable bonds is 6. The van der Waals surface area contributed by atoms with Gasteiger partial charge in [-0.05, 0) is 61.7 Å². The highest BCUT2D eigenvalue weighted by Crippen LogP contribution is 2.41. The van der Waals surface area contributed by atoms with Crippen LogP contribution in [0.4, 0.5) is 0 Å². The molecule has 0 spiro atoms. The van der Waals surface area contributed by atoms with Gasteiger partial charge >= 0.3 is 5.97 Å². The van der Waals surface area contributed by atoms with E-state index in [1.165, 1.54) is 6.42 Å². The summed E-state index contributed by atoms with van der Waals surface area (Å²) >= 11 is 0. The molecule has 4 atom stereocenters. The molecule has 1 fully saturated rings. The Kier molecular flexibility index (Phi) is 6.35. The molecule has 0 saturated heterocycles. The van der Waals surface area contributed by atoms with Crippen molar-refractivity contribution >= 4 is 5.97 Å². The smallest absolute Gasteiger partial charge is 0.306 e. The summed E-state index contributed by atoms with van der Waals surface area (Å²) in [4.78, 5) is 11.4. The van der Waals surface area contributed by atoms with Crippen LogP contribution in [0, 0.1) is 35.5 Å². The molecule has 1 aliphatic rings. The van der Waals surface area contributed by atoms with E-state index in [2.05, 4.69) is 34.6 Å². The van der Waals surface area contributed by atoms with Crippen molar-refractivity contribution in [2.45, 2.75) is 66.7 Å². The molecule has 1 rings (SSSR count). The molecule has 0 aliphatic heterocycles. The van der Waals surface area contributed by atoms with Gasteiger partial charge in [0.2, 0.25) is 0 Å². The van der Waals surface area contributed by atoms with Crippen LogP contribution >= 0.6 is 0 Å². The van der Waals surface area contributed by atoms with Gasteiger partial charge in [0.15, 0.2) is 0 Å². The molecule has 4 unspecified atom stereocenters. The molecule has 0 aromatic heterocycles. The van der Waals surface area contributed by atoms with Crippen molar-refractivity contribution in [3.8, 4) is 0 Å². The minimum atomic E-state index is -0.566. The second-order valence-corrected chi connectivity index (χ2v) is 7.49. The van der Waals surface area contributed by atoms with Crippen molar-refractivity contribution in [3.05, 3.63) is 0 Å². The highest BCUT2D eigenvalue weighted by molar-refractivity contribution is 5.70. The van der Waals surface area contributed by atoms with Gasteiger partial charge in [-0.3, -0.25) is 4.79 Å². The molecule has 19 heavy (non-hydrogen) atoms. The first kappa shape index (κ1) is 16.5. The van der Waals surface area contributed by atoms with Crippen LogP contribution < -0.4 is 0 Å². The summed E-state index contributed by atoms with van der Waals surface area (Å²) in [6, 6.07) is 0. The van der Waals surface area contributed by atoms with Crippen molar-refractivity contribution in [2.75, 3.05) is 0 Å².